The molecule has 1 fully saturated rings. The van der Waals surface area contributed by atoms with Gasteiger partial charge in [-0.15, -0.1) is 0 Å². The zero-order valence-corrected chi connectivity index (χ0v) is 7.94. The first-order valence-electron chi connectivity index (χ1n) is 4.82. The van der Waals surface area contributed by atoms with E-state index in [0.29, 0.717) is 12.1 Å². The molecule has 1 atom stereocenters. The Morgan fingerprint density at radius 1 is 1.79 bits per heavy atom. The van der Waals surface area contributed by atoms with Gasteiger partial charge in [-0.2, -0.15) is 5.10 Å². The van der Waals surface area contributed by atoms with Crippen molar-refractivity contribution < 1.29 is 4.79 Å². The number of aromatic amines is 1. The quantitative estimate of drug-likeness (QED) is 0.694. The van der Waals surface area contributed by atoms with E-state index in [0.717, 1.165) is 19.4 Å². The summed E-state index contributed by atoms with van der Waals surface area (Å²) in [5.41, 5.74) is 6.21. The van der Waals surface area contributed by atoms with Crippen molar-refractivity contribution in [2.75, 3.05) is 13.1 Å². The molecule has 1 aliphatic heterocycles. The summed E-state index contributed by atoms with van der Waals surface area (Å²) in [5.74, 6) is 0.0340. The van der Waals surface area contributed by atoms with Crippen LogP contribution in [0.3, 0.4) is 0 Å². The zero-order chi connectivity index (χ0) is 9.97. The molecular formula is C9H14N4O. The molecule has 0 saturated carbocycles. The third-order valence-corrected chi connectivity index (χ3v) is 2.66. The first-order valence-corrected chi connectivity index (χ1v) is 4.82. The molecular weight excluding hydrogens is 180 g/mol. The molecule has 0 bridgehead atoms. The molecule has 1 amide bonds. The molecule has 2 heterocycles. The van der Waals surface area contributed by atoms with Crippen LogP contribution in [0.4, 0.5) is 0 Å². The number of nitrogens with two attached hydrogens (primary N) is 1. The van der Waals surface area contributed by atoms with Gasteiger partial charge in [0.05, 0.1) is 11.8 Å². The molecule has 76 valence electrons. The minimum Gasteiger partial charge on any atom is -0.334 e. The average Bonchev–Trinajstić information content (AvgIpc) is 2.87. The molecule has 14 heavy (non-hydrogen) atoms. The van der Waals surface area contributed by atoms with Crippen LogP contribution in [-0.4, -0.2) is 40.1 Å². The maximum Gasteiger partial charge on any atom is 0.257 e. The average molecular weight is 194 g/mol. The number of carbonyl (C=O) groups excluding carboxylic acids is 1. The lowest BCUT2D eigenvalue weighted by atomic mass is 10.2. The lowest BCUT2D eigenvalue weighted by Crippen LogP contribution is -2.39. The molecule has 3 N–H and O–H groups in total. The van der Waals surface area contributed by atoms with Gasteiger partial charge in [-0.3, -0.25) is 9.89 Å². The lowest BCUT2D eigenvalue weighted by Gasteiger charge is -2.22. The van der Waals surface area contributed by atoms with Gasteiger partial charge in [0.15, 0.2) is 0 Å². The Labute approximate surface area is 82.3 Å². The van der Waals surface area contributed by atoms with E-state index in [9.17, 15) is 4.79 Å². The van der Waals surface area contributed by atoms with Crippen LogP contribution >= 0.6 is 0 Å². The predicted molar refractivity (Wildman–Crippen MR) is 51.7 cm³/mol. The molecule has 2 rings (SSSR count). The molecule has 0 aromatic carbocycles. The van der Waals surface area contributed by atoms with Gasteiger partial charge in [-0.05, 0) is 12.8 Å². The number of amides is 1. The number of hydrogen-bond donors (Lipinski definition) is 2. The van der Waals surface area contributed by atoms with Crippen molar-refractivity contribution in [1.82, 2.24) is 15.1 Å². The van der Waals surface area contributed by atoms with Crippen molar-refractivity contribution >= 4 is 5.91 Å². The summed E-state index contributed by atoms with van der Waals surface area (Å²) in [6.45, 7) is 1.36. The van der Waals surface area contributed by atoms with Gasteiger partial charge in [0, 0.05) is 25.3 Å². The van der Waals surface area contributed by atoms with E-state index >= 15 is 0 Å². The fourth-order valence-corrected chi connectivity index (χ4v) is 1.88. The Hall–Kier alpha value is -1.36. The zero-order valence-electron chi connectivity index (χ0n) is 7.94. The minimum atomic E-state index is 0.0340. The molecule has 1 saturated heterocycles. The first-order chi connectivity index (χ1) is 6.83. The van der Waals surface area contributed by atoms with Crippen molar-refractivity contribution in [1.29, 1.82) is 0 Å². The van der Waals surface area contributed by atoms with Crippen molar-refractivity contribution in [2.45, 2.75) is 18.9 Å². The van der Waals surface area contributed by atoms with Crippen molar-refractivity contribution in [2.24, 2.45) is 5.73 Å². The first kappa shape index (κ1) is 9.21. The minimum absolute atomic E-state index is 0.0340. The predicted octanol–water partition coefficient (Wildman–Crippen LogP) is -0.0270. The summed E-state index contributed by atoms with van der Waals surface area (Å²) in [7, 11) is 0. The van der Waals surface area contributed by atoms with Crippen LogP contribution < -0.4 is 5.73 Å². The van der Waals surface area contributed by atoms with Crippen molar-refractivity contribution in [3.63, 3.8) is 0 Å². The molecule has 0 radical (unpaired) electrons. The SMILES string of the molecule is NCC1CCCN1C(=O)c1cn[nH]c1. The number of aromatic nitrogens is 2. The van der Waals surface area contributed by atoms with Gasteiger partial charge < -0.3 is 10.6 Å². The van der Waals surface area contributed by atoms with Gasteiger partial charge in [-0.25, -0.2) is 0 Å². The van der Waals surface area contributed by atoms with E-state index in [4.69, 9.17) is 5.73 Å². The van der Waals surface area contributed by atoms with E-state index in [-0.39, 0.29) is 11.9 Å². The van der Waals surface area contributed by atoms with Crippen molar-refractivity contribution in [3.8, 4) is 0 Å². The Bertz CT molecular complexity index is 309. The Morgan fingerprint density at radius 3 is 3.29 bits per heavy atom. The summed E-state index contributed by atoms with van der Waals surface area (Å²) in [4.78, 5) is 13.7. The number of carbonyl (C=O) groups is 1. The summed E-state index contributed by atoms with van der Waals surface area (Å²) in [6, 6.07) is 0.206. The Kier molecular flexibility index (Phi) is 2.49. The number of nitrogens with one attached hydrogen (secondary N) is 1. The number of H-pyrrole nitrogens is 1. The normalized spacial score (nSPS) is 21.5. The molecule has 0 spiro atoms. The third kappa shape index (κ3) is 1.50. The highest BCUT2D eigenvalue weighted by atomic mass is 16.2. The van der Waals surface area contributed by atoms with E-state index in [1.165, 1.54) is 0 Å². The lowest BCUT2D eigenvalue weighted by molar-refractivity contribution is 0.0741. The molecule has 1 aliphatic rings. The van der Waals surface area contributed by atoms with E-state index in [2.05, 4.69) is 10.2 Å². The fraction of sp³-hybridized carbons (Fsp3) is 0.556. The smallest absolute Gasteiger partial charge is 0.257 e. The van der Waals surface area contributed by atoms with Crippen LogP contribution in [0.1, 0.15) is 23.2 Å². The highest BCUT2D eigenvalue weighted by Gasteiger charge is 2.28. The summed E-state index contributed by atoms with van der Waals surface area (Å²) < 4.78 is 0. The Morgan fingerprint density at radius 2 is 2.64 bits per heavy atom. The highest BCUT2D eigenvalue weighted by molar-refractivity contribution is 5.94. The summed E-state index contributed by atoms with van der Waals surface area (Å²) in [6.07, 6.45) is 5.23. The molecule has 5 heteroatoms. The maximum atomic E-state index is 11.9. The van der Waals surface area contributed by atoms with Crippen molar-refractivity contribution in [3.05, 3.63) is 18.0 Å². The van der Waals surface area contributed by atoms with E-state index in [1.807, 2.05) is 4.90 Å². The maximum absolute atomic E-state index is 11.9. The summed E-state index contributed by atoms with van der Waals surface area (Å²) in [5, 5.41) is 6.40. The van der Waals surface area contributed by atoms with Gasteiger partial charge in [0.25, 0.3) is 5.91 Å². The van der Waals surface area contributed by atoms with Gasteiger partial charge in [0.1, 0.15) is 0 Å². The summed E-state index contributed by atoms with van der Waals surface area (Å²) >= 11 is 0. The third-order valence-electron chi connectivity index (χ3n) is 2.66. The van der Waals surface area contributed by atoms with Gasteiger partial charge in [-0.1, -0.05) is 0 Å². The number of nitrogens with zero attached hydrogens (tertiary/aromatic N) is 2. The van der Waals surface area contributed by atoms with Gasteiger partial charge in [0.2, 0.25) is 0 Å². The fourth-order valence-electron chi connectivity index (χ4n) is 1.88. The van der Waals surface area contributed by atoms with Crippen LogP contribution in [0.5, 0.6) is 0 Å². The standard InChI is InChI=1S/C9H14N4O/c10-4-8-2-1-3-13(8)9(14)7-5-11-12-6-7/h5-6,8H,1-4,10H2,(H,11,12). The van der Waals surface area contributed by atoms with E-state index in [1.54, 1.807) is 12.4 Å². The molecule has 0 aliphatic carbocycles. The monoisotopic (exact) mass is 194 g/mol. The number of likely N-dealkylation sites (tertiary alicyclic amines) is 1. The second kappa shape index (κ2) is 3.79. The second-order valence-corrected chi connectivity index (χ2v) is 3.52. The molecule has 5 nitrogen and oxygen atoms in total. The van der Waals surface area contributed by atoms with Gasteiger partial charge >= 0.3 is 0 Å². The number of rotatable bonds is 2. The highest BCUT2D eigenvalue weighted by Crippen LogP contribution is 2.18. The second-order valence-electron chi connectivity index (χ2n) is 3.52. The van der Waals surface area contributed by atoms with Crippen LogP contribution in [0.2, 0.25) is 0 Å². The van der Waals surface area contributed by atoms with E-state index < -0.39 is 0 Å². The largest absolute Gasteiger partial charge is 0.334 e. The molecule has 1 unspecified atom stereocenters. The van der Waals surface area contributed by atoms with Crippen LogP contribution in [-0.2, 0) is 0 Å². The van der Waals surface area contributed by atoms with Crippen LogP contribution in [0, 0.1) is 0 Å². The van der Waals surface area contributed by atoms with Crippen LogP contribution in [0.25, 0.3) is 0 Å². The van der Waals surface area contributed by atoms with Crippen LogP contribution in [0.15, 0.2) is 12.4 Å². The topological polar surface area (TPSA) is 75.0 Å². The Balaban J connectivity index is 2.11. The molecule has 1 aromatic heterocycles. The number of hydrogen-bond acceptors (Lipinski definition) is 3. The molecule has 1 aromatic rings.